The molecule has 0 aliphatic rings. The molecule has 1 aromatic carbocycles. The first-order valence-corrected chi connectivity index (χ1v) is 5.05. The van der Waals surface area contributed by atoms with Crippen LogP contribution in [-0.2, 0) is 14.3 Å². The molecule has 0 saturated carbocycles. The summed E-state index contributed by atoms with van der Waals surface area (Å²) < 4.78 is 4.81. The van der Waals surface area contributed by atoms with Crippen LogP contribution in [0.15, 0.2) is 35.3 Å². The summed E-state index contributed by atoms with van der Waals surface area (Å²) >= 11 is 0. The molecule has 1 aromatic rings. The molecule has 0 amide bonds. The molecular weight excluding hydrogens is 206 g/mol. The van der Waals surface area contributed by atoms with Gasteiger partial charge in [0.2, 0.25) is 6.08 Å². The Balaban J connectivity index is 2.76. The third kappa shape index (κ3) is 3.67. The maximum atomic E-state index is 11.3. The van der Waals surface area contributed by atoms with Gasteiger partial charge in [-0.05, 0) is 12.5 Å². The van der Waals surface area contributed by atoms with E-state index in [-0.39, 0.29) is 12.4 Å². The Morgan fingerprint density at radius 2 is 2.12 bits per heavy atom. The number of isocyanates is 1. The molecule has 0 unspecified atom stereocenters. The maximum Gasteiger partial charge on any atom is 0.308 e. The number of carbonyl (C=O) groups excluding carboxylic acids is 2. The highest BCUT2D eigenvalue weighted by Gasteiger charge is 2.15. The van der Waals surface area contributed by atoms with E-state index in [1.807, 2.05) is 30.3 Å². The van der Waals surface area contributed by atoms with Gasteiger partial charge < -0.3 is 4.74 Å². The molecule has 0 bridgehead atoms. The van der Waals surface area contributed by atoms with Crippen molar-refractivity contribution in [3.63, 3.8) is 0 Å². The zero-order valence-electron chi connectivity index (χ0n) is 9.05. The van der Waals surface area contributed by atoms with Crippen molar-refractivity contribution in [2.75, 3.05) is 6.61 Å². The quantitative estimate of drug-likeness (QED) is 0.432. The molecular formula is C12H13NO3. The zero-order chi connectivity index (χ0) is 11.8. The summed E-state index contributed by atoms with van der Waals surface area (Å²) in [6.45, 7) is 2.06. The molecule has 1 rings (SSSR count). The normalized spacial score (nSPS) is 11.3. The summed E-state index contributed by atoms with van der Waals surface area (Å²) in [5.41, 5.74) is 0.805. The van der Waals surface area contributed by atoms with E-state index in [0.29, 0.717) is 6.61 Å². The predicted molar refractivity (Wildman–Crippen MR) is 58.6 cm³/mol. The standard InChI is InChI=1S/C12H13NO3/c1-2-16-12(15)8-11(13-9-14)10-6-4-3-5-7-10/h3-7,11H,2,8H2,1H3/t11-/m0/s1. The zero-order valence-corrected chi connectivity index (χ0v) is 9.05. The van der Waals surface area contributed by atoms with Crippen molar-refractivity contribution in [3.8, 4) is 0 Å². The van der Waals surface area contributed by atoms with Crippen LogP contribution in [0.5, 0.6) is 0 Å². The molecule has 16 heavy (non-hydrogen) atoms. The van der Waals surface area contributed by atoms with Crippen molar-refractivity contribution in [3.05, 3.63) is 35.9 Å². The van der Waals surface area contributed by atoms with Gasteiger partial charge in [0.1, 0.15) is 0 Å². The van der Waals surface area contributed by atoms with Crippen molar-refractivity contribution < 1.29 is 14.3 Å². The lowest BCUT2D eigenvalue weighted by molar-refractivity contribution is -0.143. The number of esters is 1. The number of benzene rings is 1. The van der Waals surface area contributed by atoms with Gasteiger partial charge in [-0.25, -0.2) is 4.79 Å². The third-order valence-corrected chi connectivity index (χ3v) is 2.06. The summed E-state index contributed by atoms with van der Waals surface area (Å²) in [6, 6.07) is 8.63. The van der Waals surface area contributed by atoms with Gasteiger partial charge in [-0.2, -0.15) is 4.99 Å². The first-order chi connectivity index (χ1) is 7.77. The number of hydrogen-bond acceptors (Lipinski definition) is 4. The van der Waals surface area contributed by atoms with Crippen LogP contribution in [0.2, 0.25) is 0 Å². The first-order valence-electron chi connectivity index (χ1n) is 5.05. The highest BCUT2D eigenvalue weighted by Crippen LogP contribution is 2.20. The van der Waals surface area contributed by atoms with Gasteiger partial charge in [-0.15, -0.1) is 0 Å². The average molecular weight is 219 g/mol. The molecule has 0 aromatic heterocycles. The molecule has 0 radical (unpaired) electrons. The molecule has 0 aliphatic carbocycles. The molecule has 0 N–H and O–H groups in total. The second-order valence-corrected chi connectivity index (χ2v) is 3.16. The van der Waals surface area contributed by atoms with Crippen molar-refractivity contribution in [1.82, 2.24) is 0 Å². The van der Waals surface area contributed by atoms with E-state index < -0.39 is 6.04 Å². The number of nitrogens with zero attached hydrogens (tertiary/aromatic N) is 1. The minimum atomic E-state index is -0.502. The van der Waals surface area contributed by atoms with E-state index in [2.05, 4.69) is 4.99 Å². The predicted octanol–water partition coefficient (Wildman–Crippen LogP) is 2.02. The van der Waals surface area contributed by atoms with Crippen LogP contribution in [0, 0.1) is 0 Å². The number of carbonyl (C=O) groups is 1. The fourth-order valence-electron chi connectivity index (χ4n) is 1.35. The summed E-state index contributed by atoms with van der Waals surface area (Å²) in [6.07, 6.45) is 1.54. The van der Waals surface area contributed by atoms with Crippen LogP contribution in [-0.4, -0.2) is 18.7 Å². The van der Waals surface area contributed by atoms with E-state index in [1.54, 1.807) is 6.92 Å². The number of rotatable bonds is 5. The summed E-state index contributed by atoms with van der Waals surface area (Å²) in [5.74, 6) is -0.365. The SMILES string of the molecule is CCOC(=O)C[C@H](N=C=O)c1ccccc1. The van der Waals surface area contributed by atoms with Gasteiger partial charge in [0.15, 0.2) is 0 Å². The maximum absolute atomic E-state index is 11.3. The molecule has 84 valence electrons. The monoisotopic (exact) mass is 219 g/mol. The third-order valence-electron chi connectivity index (χ3n) is 2.06. The lowest BCUT2D eigenvalue weighted by atomic mass is 10.0. The Labute approximate surface area is 94.0 Å². The fourth-order valence-corrected chi connectivity index (χ4v) is 1.35. The second-order valence-electron chi connectivity index (χ2n) is 3.16. The topological polar surface area (TPSA) is 55.7 Å². The Kier molecular flexibility index (Phi) is 4.96. The summed E-state index contributed by atoms with van der Waals surface area (Å²) in [4.78, 5) is 25.2. The highest BCUT2D eigenvalue weighted by atomic mass is 16.5. The van der Waals surface area contributed by atoms with Crippen LogP contribution in [0.3, 0.4) is 0 Å². The van der Waals surface area contributed by atoms with Gasteiger partial charge in [0.05, 0.1) is 19.1 Å². The van der Waals surface area contributed by atoms with Crippen molar-refractivity contribution >= 4 is 12.0 Å². The van der Waals surface area contributed by atoms with Gasteiger partial charge in [0, 0.05) is 0 Å². The van der Waals surface area contributed by atoms with E-state index in [9.17, 15) is 9.59 Å². The van der Waals surface area contributed by atoms with E-state index in [0.717, 1.165) is 5.56 Å². The van der Waals surface area contributed by atoms with Crippen LogP contribution in [0.25, 0.3) is 0 Å². The Hall–Kier alpha value is -1.93. The Morgan fingerprint density at radius 3 is 2.69 bits per heavy atom. The van der Waals surface area contributed by atoms with E-state index in [4.69, 9.17) is 4.74 Å². The number of hydrogen-bond donors (Lipinski definition) is 0. The summed E-state index contributed by atoms with van der Waals surface area (Å²) in [5, 5.41) is 0. The van der Waals surface area contributed by atoms with Gasteiger partial charge in [-0.3, -0.25) is 4.79 Å². The molecule has 0 saturated heterocycles. The molecule has 0 heterocycles. The van der Waals surface area contributed by atoms with E-state index >= 15 is 0 Å². The van der Waals surface area contributed by atoms with Crippen LogP contribution >= 0.6 is 0 Å². The molecule has 0 aliphatic heterocycles. The molecule has 0 fully saturated rings. The summed E-state index contributed by atoms with van der Waals surface area (Å²) in [7, 11) is 0. The number of aliphatic imine (C=N–C) groups is 1. The highest BCUT2D eigenvalue weighted by molar-refractivity contribution is 5.70. The lowest BCUT2D eigenvalue weighted by Crippen LogP contribution is -2.09. The van der Waals surface area contributed by atoms with E-state index in [1.165, 1.54) is 6.08 Å². The van der Waals surface area contributed by atoms with Gasteiger partial charge in [-0.1, -0.05) is 30.3 Å². The average Bonchev–Trinajstić information content (AvgIpc) is 2.30. The minimum absolute atomic E-state index is 0.0626. The smallest absolute Gasteiger partial charge is 0.308 e. The largest absolute Gasteiger partial charge is 0.466 e. The van der Waals surface area contributed by atoms with Crippen molar-refractivity contribution in [1.29, 1.82) is 0 Å². The number of ether oxygens (including phenoxy) is 1. The molecule has 0 spiro atoms. The second kappa shape index (κ2) is 6.53. The van der Waals surface area contributed by atoms with Gasteiger partial charge in [0.25, 0.3) is 0 Å². The Morgan fingerprint density at radius 1 is 1.44 bits per heavy atom. The van der Waals surface area contributed by atoms with Crippen LogP contribution in [0.1, 0.15) is 24.9 Å². The van der Waals surface area contributed by atoms with Gasteiger partial charge >= 0.3 is 5.97 Å². The molecule has 4 heteroatoms. The Bertz CT molecular complexity index is 383. The minimum Gasteiger partial charge on any atom is -0.466 e. The van der Waals surface area contributed by atoms with Crippen molar-refractivity contribution in [2.24, 2.45) is 4.99 Å². The lowest BCUT2D eigenvalue weighted by Gasteiger charge is -2.09. The van der Waals surface area contributed by atoms with Crippen LogP contribution in [0.4, 0.5) is 0 Å². The first kappa shape index (κ1) is 12.1. The fraction of sp³-hybridized carbons (Fsp3) is 0.333. The molecule has 1 atom stereocenters. The molecule has 4 nitrogen and oxygen atoms in total. The van der Waals surface area contributed by atoms with Crippen molar-refractivity contribution in [2.45, 2.75) is 19.4 Å². The van der Waals surface area contributed by atoms with Crippen LogP contribution < -0.4 is 0 Å².